The van der Waals surface area contributed by atoms with Crippen LogP contribution in [0, 0.1) is 5.92 Å². The number of rotatable bonds is 4. The third-order valence-corrected chi connectivity index (χ3v) is 4.60. The van der Waals surface area contributed by atoms with Crippen LogP contribution in [-0.2, 0) is 4.79 Å². The van der Waals surface area contributed by atoms with Crippen LogP contribution >= 0.6 is 0 Å². The van der Waals surface area contributed by atoms with Crippen molar-refractivity contribution in [1.82, 2.24) is 15.3 Å². The molecular weight excluding hydrogens is 292 g/mol. The minimum atomic E-state index is -0.267. The van der Waals surface area contributed by atoms with Gasteiger partial charge in [-0.15, -0.1) is 0 Å². The molecular formula is C17H24N4O2. The van der Waals surface area contributed by atoms with Gasteiger partial charge in [0.15, 0.2) is 0 Å². The molecule has 1 aromatic heterocycles. The number of nitrogens with one attached hydrogen (secondary N) is 2. The molecule has 2 heterocycles. The van der Waals surface area contributed by atoms with Crippen LogP contribution in [0.25, 0.3) is 0 Å². The van der Waals surface area contributed by atoms with Crippen LogP contribution in [0.2, 0.25) is 0 Å². The summed E-state index contributed by atoms with van der Waals surface area (Å²) in [7, 11) is 0. The lowest BCUT2D eigenvalue weighted by atomic mass is 9.93. The van der Waals surface area contributed by atoms with Crippen molar-refractivity contribution >= 4 is 11.9 Å². The van der Waals surface area contributed by atoms with Crippen LogP contribution in [-0.4, -0.2) is 29.0 Å². The highest BCUT2D eigenvalue weighted by atomic mass is 16.2. The number of aromatic nitrogens is 2. The summed E-state index contributed by atoms with van der Waals surface area (Å²) in [6.07, 6.45) is 9.06. The molecule has 0 spiro atoms. The monoisotopic (exact) mass is 316 g/mol. The quantitative estimate of drug-likeness (QED) is 0.832. The van der Waals surface area contributed by atoms with Crippen LogP contribution in [0.4, 0.5) is 5.95 Å². The average molecular weight is 316 g/mol. The Hall–Kier alpha value is -2.11. The summed E-state index contributed by atoms with van der Waals surface area (Å²) >= 11 is 0. The maximum atomic E-state index is 12.3. The predicted molar refractivity (Wildman–Crippen MR) is 89.3 cm³/mol. The summed E-state index contributed by atoms with van der Waals surface area (Å²) in [5.74, 6) is 0.695. The zero-order valence-electron chi connectivity index (χ0n) is 13.5. The Kier molecular flexibility index (Phi) is 4.79. The molecule has 0 bridgehead atoms. The molecule has 1 aliphatic heterocycles. The van der Waals surface area contributed by atoms with Crippen LogP contribution < -0.4 is 15.8 Å². The van der Waals surface area contributed by atoms with Gasteiger partial charge >= 0.3 is 0 Å². The Morgan fingerprint density at radius 2 is 2.17 bits per heavy atom. The van der Waals surface area contributed by atoms with Crippen molar-refractivity contribution < 1.29 is 4.79 Å². The van der Waals surface area contributed by atoms with Crippen molar-refractivity contribution in [3.05, 3.63) is 34.3 Å². The van der Waals surface area contributed by atoms with E-state index >= 15 is 0 Å². The van der Waals surface area contributed by atoms with Crippen LogP contribution in [0.1, 0.15) is 50.8 Å². The minimum Gasteiger partial charge on any atom is -0.348 e. The largest absolute Gasteiger partial charge is 0.348 e. The lowest BCUT2D eigenvalue weighted by Crippen LogP contribution is -2.34. The molecule has 2 N–H and O–H groups in total. The van der Waals surface area contributed by atoms with E-state index in [1.807, 2.05) is 6.92 Å². The van der Waals surface area contributed by atoms with E-state index in [2.05, 4.69) is 32.3 Å². The molecule has 1 saturated heterocycles. The fraction of sp³-hybridized carbons (Fsp3) is 0.588. The number of hydrogen-bond donors (Lipinski definition) is 2. The Morgan fingerprint density at radius 3 is 2.87 bits per heavy atom. The van der Waals surface area contributed by atoms with Gasteiger partial charge in [-0.05, 0) is 39.0 Å². The Balaban J connectivity index is 1.71. The lowest BCUT2D eigenvalue weighted by Gasteiger charge is -2.22. The first kappa shape index (κ1) is 15.8. The molecule has 6 nitrogen and oxygen atoms in total. The molecule has 0 unspecified atom stereocenters. The van der Waals surface area contributed by atoms with E-state index in [0.717, 1.165) is 45.2 Å². The molecule has 124 valence electrons. The van der Waals surface area contributed by atoms with Crippen molar-refractivity contribution in [3.8, 4) is 0 Å². The van der Waals surface area contributed by atoms with E-state index in [1.54, 1.807) is 0 Å². The predicted octanol–water partition coefficient (Wildman–Crippen LogP) is 1.90. The summed E-state index contributed by atoms with van der Waals surface area (Å²) in [6, 6.07) is 1.21. The molecule has 0 saturated carbocycles. The van der Waals surface area contributed by atoms with Gasteiger partial charge in [0, 0.05) is 25.1 Å². The van der Waals surface area contributed by atoms with Gasteiger partial charge in [0.1, 0.15) is 0 Å². The number of anilines is 1. The number of nitrogens with zero attached hydrogens (tertiary/aromatic N) is 2. The van der Waals surface area contributed by atoms with Crippen molar-refractivity contribution in [2.24, 2.45) is 5.92 Å². The van der Waals surface area contributed by atoms with E-state index in [1.165, 1.54) is 6.07 Å². The Bertz CT molecular complexity index is 646. The maximum Gasteiger partial charge on any atom is 0.252 e. The summed E-state index contributed by atoms with van der Waals surface area (Å²) in [5, 5.41) is 3.00. The first-order valence-electron chi connectivity index (χ1n) is 8.45. The average Bonchev–Trinajstić information content (AvgIpc) is 3.09. The standard InChI is InChI=1S/C17H24N4O2/c1-12(18-16(23)13-7-3-2-4-8-13)14-11-15(22)20-17(19-14)21-9-5-6-10-21/h2-3,11-13H,4-10H2,1H3,(H,18,23)(H,19,20,22)/t12-,13+/m0/s1. The fourth-order valence-electron chi connectivity index (χ4n) is 3.20. The fourth-order valence-corrected chi connectivity index (χ4v) is 3.20. The van der Waals surface area contributed by atoms with Gasteiger partial charge in [-0.2, -0.15) is 0 Å². The van der Waals surface area contributed by atoms with Crippen molar-refractivity contribution in [2.45, 2.75) is 45.1 Å². The highest BCUT2D eigenvalue weighted by Crippen LogP contribution is 2.20. The van der Waals surface area contributed by atoms with Gasteiger partial charge in [0.2, 0.25) is 11.9 Å². The first-order valence-corrected chi connectivity index (χ1v) is 8.45. The smallest absolute Gasteiger partial charge is 0.252 e. The number of amides is 1. The third kappa shape index (κ3) is 3.81. The summed E-state index contributed by atoms with van der Waals surface area (Å²) < 4.78 is 0. The van der Waals surface area contributed by atoms with E-state index in [9.17, 15) is 9.59 Å². The van der Waals surface area contributed by atoms with E-state index in [0.29, 0.717) is 11.6 Å². The van der Waals surface area contributed by atoms with Crippen molar-refractivity contribution in [2.75, 3.05) is 18.0 Å². The number of carbonyl (C=O) groups is 1. The molecule has 6 heteroatoms. The topological polar surface area (TPSA) is 78.1 Å². The second-order valence-corrected chi connectivity index (χ2v) is 6.40. The van der Waals surface area contributed by atoms with Crippen molar-refractivity contribution in [1.29, 1.82) is 0 Å². The third-order valence-electron chi connectivity index (χ3n) is 4.60. The van der Waals surface area contributed by atoms with Gasteiger partial charge in [0.05, 0.1) is 11.7 Å². The van der Waals surface area contributed by atoms with Crippen LogP contribution in [0.15, 0.2) is 23.0 Å². The minimum absolute atomic E-state index is 0.0301. The van der Waals surface area contributed by atoms with Gasteiger partial charge in [-0.25, -0.2) is 4.98 Å². The summed E-state index contributed by atoms with van der Waals surface area (Å²) in [4.78, 5) is 33.7. The van der Waals surface area contributed by atoms with Gasteiger partial charge in [-0.1, -0.05) is 12.2 Å². The first-order chi connectivity index (χ1) is 11.1. The molecule has 0 radical (unpaired) electrons. The van der Waals surface area contributed by atoms with Gasteiger partial charge in [0.25, 0.3) is 5.56 Å². The molecule has 2 atom stereocenters. The highest BCUT2D eigenvalue weighted by Gasteiger charge is 2.22. The molecule has 1 aliphatic carbocycles. The maximum absolute atomic E-state index is 12.3. The van der Waals surface area contributed by atoms with Crippen LogP contribution in [0.3, 0.4) is 0 Å². The number of allylic oxidation sites excluding steroid dienone is 2. The number of carbonyl (C=O) groups excluding carboxylic acids is 1. The summed E-state index contributed by atoms with van der Waals surface area (Å²) in [6.45, 7) is 3.72. The normalized spacial score (nSPS) is 22.1. The second kappa shape index (κ2) is 6.98. The molecule has 3 rings (SSSR count). The van der Waals surface area contributed by atoms with E-state index in [-0.39, 0.29) is 23.4 Å². The zero-order chi connectivity index (χ0) is 16.2. The van der Waals surface area contributed by atoms with Gasteiger partial charge in [-0.3, -0.25) is 14.6 Å². The van der Waals surface area contributed by atoms with Crippen LogP contribution in [0.5, 0.6) is 0 Å². The molecule has 1 amide bonds. The van der Waals surface area contributed by atoms with Gasteiger partial charge < -0.3 is 10.2 Å². The van der Waals surface area contributed by atoms with Crippen molar-refractivity contribution in [3.63, 3.8) is 0 Å². The lowest BCUT2D eigenvalue weighted by molar-refractivity contribution is -0.125. The molecule has 1 aromatic rings. The Labute approximate surface area is 136 Å². The number of hydrogen-bond acceptors (Lipinski definition) is 4. The zero-order valence-corrected chi connectivity index (χ0v) is 13.5. The number of aromatic amines is 1. The highest BCUT2D eigenvalue weighted by molar-refractivity contribution is 5.79. The second-order valence-electron chi connectivity index (χ2n) is 6.40. The van der Waals surface area contributed by atoms with E-state index < -0.39 is 0 Å². The molecule has 23 heavy (non-hydrogen) atoms. The number of H-pyrrole nitrogens is 1. The molecule has 2 aliphatic rings. The molecule has 1 fully saturated rings. The SMILES string of the molecule is C[C@H](NC(=O)[C@@H]1CC=CCC1)c1cc(=O)[nH]c(N2CCCC2)n1. The molecule has 0 aromatic carbocycles. The van der Waals surface area contributed by atoms with E-state index in [4.69, 9.17) is 0 Å². The summed E-state index contributed by atoms with van der Waals surface area (Å²) in [5.41, 5.74) is 0.453. The Morgan fingerprint density at radius 1 is 1.39 bits per heavy atom.